The number of hydrogen-bond acceptors (Lipinski definition) is 5. The average Bonchev–Trinajstić information content (AvgIpc) is 3.17. The molecule has 1 aliphatic rings. The zero-order valence-corrected chi connectivity index (χ0v) is 19.3. The monoisotopic (exact) mass is 435 g/mol. The van der Waals surface area contributed by atoms with Crippen molar-refractivity contribution in [3.8, 4) is 0 Å². The van der Waals surface area contributed by atoms with Crippen LogP contribution in [0.2, 0.25) is 0 Å². The predicted molar refractivity (Wildman–Crippen MR) is 126 cm³/mol. The van der Waals surface area contributed by atoms with Crippen molar-refractivity contribution < 1.29 is 4.79 Å². The van der Waals surface area contributed by atoms with Gasteiger partial charge in [-0.15, -0.1) is 10.2 Å². The summed E-state index contributed by atoms with van der Waals surface area (Å²) in [7, 11) is 0. The molecule has 2 unspecified atom stereocenters. The summed E-state index contributed by atoms with van der Waals surface area (Å²) in [5.41, 5.74) is 8.91. The summed E-state index contributed by atoms with van der Waals surface area (Å²) < 4.78 is 1.95. The normalized spacial score (nSPS) is 17.7. The first kappa shape index (κ1) is 21.4. The van der Waals surface area contributed by atoms with E-state index in [-0.39, 0.29) is 17.2 Å². The lowest BCUT2D eigenvalue weighted by molar-refractivity contribution is -0.116. The number of anilines is 1. The van der Waals surface area contributed by atoms with E-state index in [9.17, 15) is 4.79 Å². The Labute approximate surface area is 187 Å². The number of nitrogens with one attached hydrogen (secondary N) is 2. The van der Waals surface area contributed by atoms with Crippen molar-refractivity contribution in [3.63, 3.8) is 0 Å². The second-order valence-electron chi connectivity index (χ2n) is 8.03. The Morgan fingerprint density at radius 2 is 1.90 bits per heavy atom. The van der Waals surface area contributed by atoms with E-state index in [1.165, 1.54) is 17.3 Å². The number of aryl methyl sites for hydroxylation is 4. The summed E-state index contributed by atoms with van der Waals surface area (Å²) in [4.78, 5) is 13.5. The lowest BCUT2D eigenvalue weighted by Gasteiger charge is -2.33. The second kappa shape index (κ2) is 9.14. The molecule has 0 fully saturated rings. The molecule has 2 atom stereocenters. The van der Waals surface area contributed by atoms with Gasteiger partial charge < -0.3 is 10.7 Å². The molecule has 0 saturated heterocycles. The summed E-state index contributed by atoms with van der Waals surface area (Å²) in [6.45, 7) is 8.31. The van der Waals surface area contributed by atoms with Crippen LogP contribution in [0.15, 0.2) is 47.6 Å². The summed E-state index contributed by atoms with van der Waals surface area (Å²) in [5.74, 6) is 0.857. The van der Waals surface area contributed by atoms with Crippen LogP contribution in [-0.2, 0) is 17.6 Å². The van der Waals surface area contributed by atoms with Crippen molar-refractivity contribution in [3.05, 3.63) is 70.5 Å². The smallest absolute Gasteiger partial charge is 0.240 e. The van der Waals surface area contributed by atoms with Crippen LogP contribution in [0.4, 0.5) is 5.69 Å². The van der Waals surface area contributed by atoms with E-state index in [0.717, 1.165) is 52.6 Å². The molecule has 162 valence electrons. The number of amides is 1. The van der Waals surface area contributed by atoms with Crippen molar-refractivity contribution in [1.82, 2.24) is 14.9 Å². The van der Waals surface area contributed by atoms with Crippen LogP contribution in [0.3, 0.4) is 0 Å². The number of benzene rings is 2. The first-order valence-electron chi connectivity index (χ1n) is 10.8. The zero-order chi connectivity index (χ0) is 22.0. The van der Waals surface area contributed by atoms with Crippen LogP contribution >= 0.6 is 11.8 Å². The fraction of sp³-hybridized carbons (Fsp3) is 0.375. The molecular formula is C24H29N5OS. The van der Waals surface area contributed by atoms with Crippen LogP contribution in [0, 0.1) is 13.8 Å². The number of carbonyl (C=O) groups is 1. The van der Waals surface area contributed by atoms with E-state index in [2.05, 4.69) is 65.1 Å². The van der Waals surface area contributed by atoms with Crippen molar-refractivity contribution in [2.75, 3.05) is 10.7 Å². The first-order chi connectivity index (χ1) is 15.0. The van der Waals surface area contributed by atoms with Gasteiger partial charge in [-0.05, 0) is 55.0 Å². The SMILES string of the molecule is CCCc1nnc2n1NC(c1ccc(CC)cc1)C(C(=O)Nc1cc(C)ccc1C)S2. The third-order valence-corrected chi connectivity index (χ3v) is 6.85. The first-order valence-corrected chi connectivity index (χ1v) is 11.7. The van der Waals surface area contributed by atoms with Gasteiger partial charge in [0.25, 0.3) is 0 Å². The molecule has 1 amide bonds. The number of hydrogen-bond donors (Lipinski definition) is 2. The highest BCUT2D eigenvalue weighted by atomic mass is 32.2. The number of fused-ring (bicyclic) bond motifs is 1. The van der Waals surface area contributed by atoms with Crippen molar-refractivity contribution in [1.29, 1.82) is 0 Å². The van der Waals surface area contributed by atoms with Gasteiger partial charge in [0.2, 0.25) is 11.1 Å². The number of carbonyl (C=O) groups excluding carboxylic acids is 1. The molecule has 0 saturated carbocycles. The fourth-order valence-corrected chi connectivity index (χ4v) is 4.87. The maximum atomic E-state index is 13.5. The molecule has 0 spiro atoms. The highest BCUT2D eigenvalue weighted by Crippen LogP contribution is 2.38. The van der Waals surface area contributed by atoms with Gasteiger partial charge in [-0.25, -0.2) is 4.68 Å². The molecule has 0 aliphatic carbocycles. The van der Waals surface area contributed by atoms with Gasteiger partial charge in [0.1, 0.15) is 5.25 Å². The lowest BCUT2D eigenvalue weighted by Crippen LogP contribution is -2.41. The molecule has 0 bridgehead atoms. The number of nitrogens with zero attached hydrogens (tertiary/aromatic N) is 3. The molecule has 2 aromatic carbocycles. The van der Waals surface area contributed by atoms with E-state index < -0.39 is 0 Å². The number of aromatic nitrogens is 3. The Balaban J connectivity index is 1.67. The summed E-state index contributed by atoms with van der Waals surface area (Å²) in [5, 5.41) is 12.2. The molecule has 3 aromatic rings. The van der Waals surface area contributed by atoms with E-state index in [1.54, 1.807) is 0 Å². The van der Waals surface area contributed by atoms with Gasteiger partial charge in [0.05, 0.1) is 6.04 Å². The third kappa shape index (κ3) is 4.46. The van der Waals surface area contributed by atoms with Crippen LogP contribution in [-0.4, -0.2) is 26.0 Å². The van der Waals surface area contributed by atoms with Gasteiger partial charge in [-0.2, -0.15) is 0 Å². The number of thioether (sulfide) groups is 1. The quantitative estimate of drug-likeness (QED) is 0.581. The van der Waals surface area contributed by atoms with Crippen molar-refractivity contribution in [2.45, 2.75) is 63.4 Å². The van der Waals surface area contributed by atoms with Gasteiger partial charge >= 0.3 is 0 Å². The lowest BCUT2D eigenvalue weighted by atomic mass is 10.0. The standard InChI is InChI=1S/C24H29N5OS/c1-5-7-20-26-27-24-29(20)28-21(18-12-10-17(6-2)11-13-18)22(31-24)23(30)25-19-14-15(3)8-9-16(19)4/h8-14,21-22,28H,5-7H2,1-4H3,(H,25,30). The molecule has 31 heavy (non-hydrogen) atoms. The molecule has 6 nitrogen and oxygen atoms in total. The van der Waals surface area contributed by atoms with E-state index in [4.69, 9.17) is 0 Å². The van der Waals surface area contributed by atoms with Crippen molar-refractivity contribution in [2.24, 2.45) is 0 Å². The minimum absolute atomic E-state index is 0.0398. The Hall–Kier alpha value is -2.80. The minimum Gasteiger partial charge on any atom is -0.325 e. The third-order valence-electron chi connectivity index (χ3n) is 5.63. The van der Waals surface area contributed by atoms with E-state index in [1.807, 2.05) is 30.7 Å². The van der Waals surface area contributed by atoms with E-state index >= 15 is 0 Å². The van der Waals surface area contributed by atoms with Crippen LogP contribution in [0.25, 0.3) is 0 Å². The molecule has 1 aliphatic heterocycles. The summed E-state index contributed by atoms with van der Waals surface area (Å²) in [6.07, 6.45) is 2.80. The Kier molecular flexibility index (Phi) is 6.32. The second-order valence-corrected chi connectivity index (χ2v) is 9.14. The molecule has 7 heteroatoms. The largest absolute Gasteiger partial charge is 0.325 e. The highest BCUT2D eigenvalue weighted by Gasteiger charge is 2.37. The van der Waals surface area contributed by atoms with Crippen LogP contribution in [0.5, 0.6) is 0 Å². The van der Waals surface area contributed by atoms with Crippen LogP contribution < -0.4 is 10.7 Å². The fourth-order valence-electron chi connectivity index (χ4n) is 3.77. The zero-order valence-electron chi connectivity index (χ0n) is 18.5. The Bertz CT molecular complexity index is 1080. The van der Waals surface area contributed by atoms with Gasteiger partial charge in [-0.1, -0.05) is 62.0 Å². The molecule has 2 N–H and O–H groups in total. The van der Waals surface area contributed by atoms with Gasteiger partial charge in [-0.3, -0.25) is 4.79 Å². The predicted octanol–water partition coefficient (Wildman–Crippen LogP) is 4.81. The average molecular weight is 436 g/mol. The van der Waals surface area contributed by atoms with Crippen molar-refractivity contribution >= 4 is 23.4 Å². The van der Waals surface area contributed by atoms with Crippen LogP contribution in [0.1, 0.15) is 54.4 Å². The minimum atomic E-state index is -0.376. The Morgan fingerprint density at radius 3 is 2.61 bits per heavy atom. The van der Waals surface area contributed by atoms with Gasteiger partial charge in [0, 0.05) is 12.1 Å². The molecule has 1 aromatic heterocycles. The molecule has 0 radical (unpaired) electrons. The molecule has 4 rings (SSSR count). The summed E-state index contributed by atoms with van der Waals surface area (Å²) in [6, 6.07) is 14.4. The Morgan fingerprint density at radius 1 is 1.13 bits per heavy atom. The van der Waals surface area contributed by atoms with E-state index in [0.29, 0.717) is 0 Å². The maximum Gasteiger partial charge on any atom is 0.240 e. The molecule has 2 heterocycles. The molecular weight excluding hydrogens is 406 g/mol. The highest BCUT2D eigenvalue weighted by molar-refractivity contribution is 8.00. The topological polar surface area (TPSA) is 71.8 Å². The maximum absolute atomic E-state index is 13.5. The van der Waals surface area contributed by atoms with Gasteiger partial charge in [0.15, 0.2) is 5.82 Å². The summed E-state index contributed by atoms with van der Waals surface area (Å²) >= 11 is 1.47. The number of rotatable bonds is 6.